The number of Topliss-reactive ketones (excluding diaryl/α,β-unsaturated/α-hetero) is 2. The first-order valence-corrected chi connectivity index (χ1v) is 15.6. The third-order valence-electron chi connectivity index (χ3n) is 9.67. The van der Waals surface area contributed by atoms with Crippen LogP contribution in [0.5, 0.6) is 0 Å². The Morgan fingerprint density at radius 2 is 1.68 bits per heavy atom. The topological polar surface area (TPSA) is 89.9 Å². The summed E-state index contributed by atoms with van der Waals surface area (Å²) in [6, 6.07) is 0. The zero-order chi connectivity index (χ0) is 26.0. The number of rotatable bonds is 3. The van der Waals surface area contributed by atoms with E-state index in [0.29, 0.717) is 19.3 Å². The van der Waals surface area contributed by atoms with Gasteiger partial charge < -0.3 is 14.3 Å². The van der Waals surface area contributed by atoms with Crippen molar-refractivity contribution in [2.45, 2.75) is 111 Å². The molecule has 7 heteroatoms. The molecular weight excluding hydrogens is 448 g/mol. The number of ether oxygens (including phenoxy) is 1. The van der Waals surface area contributed by atoms with E-state index in [-0.39, 0.29) is 23.0 Å². The predicted octanol–water partition coefficient (Wildman–Crippen LogP) is 4.85. The van der Waals surface area contributed by atoms with E-state index in [4.69, 9.17) is 9.16 Å². The number of hydrogen-bond donors (Lipinski definition) is 1. The maximum Gasteiger partial charge on any atom is 0.302 e. The summed E-state index contributed by atoms with van der Waals surface area (Å²) >= 11 is 0. The van der Waals surface area contributed by atoms with E-state index in [0.717, 1.165) is 5.57 Å². The molecule has 192 valence electrons. The molecule has 2 bridgehead atoms. The summed E-state index contributed by atoms with van der Waals surface area (Å²) in [7, 11) is -2.28. The second-order valence-corrected chi connectivity index (χ2v) is 17.9. The molecule has 0 amide bonds. The average molecular weight is 493 g/mol. The minimum atomic E-state index is -2.28. The lowest BCUT2D eigenvalue weighted by Crippen LogP contribution is -2.67. The van der Waals surface area contributed by atoms with Gasteiger partial charge in [0.25, 0.3) is 0 Å². The maximum absolute atomic E-state index is 14.3. The van der Waals surface area contributed by atoms with Gasteiger partial charge in [-0.2, -0.15) is 0 Å². The van der Waals surface area contributed by atoms with E-state index in [1.807, 2.05) is 20.8 Å². The minimum Gasteiger partial charge on any atom is -0.461 e. The fraction of sp³-hybridized carbons (Fsp3) is 0.815. The van der Waals surface area contributed by atoms with Gasteiger partial charge in [0.15, 0.2) is 14.1 Å². The second kappa shape index (κ2) is 8.66. The van der Waals surface area contributed by atoms with E-state index >= 15 is 0 Å². The Kier molecular flexibility index (Phi) is 6.95. The minimum absolute atomic E-state index is 0.0247. The smallest absolute Gasteiger partial charge is 0.302 e. The third-order valence-corrected chi connectivity index (χ3v) is 14.2. The molecule has 0 aliphatic heterocycles. The van der Waals surface area contributed by atoms with Crippen LogP contribution in [0.2, 0.25) is 18.1 Å². The van der Waals surface area contributed by atoms with Gasteiger partial charge in [-0.3, -0.25) is 14.4 Å². The van der Waals surface area contributed by atoms with Crippen LogP contribution in [0, 0.1) is 28.6 Å². The van der Waals surface area contributed by atoms with Crippen molar-refractivity contribution >= 4 is 25.9 Å². The number of fused-ring (bicyclic) bond motifs is 3. The molecule has 3 saturated carbocycles. The molecule has 6 nitrogen and oxygen atoms in total. The average Bonchev–Trinajstić information content (AvgIpc) is 2.66. The van der Waals surface area contributed by atoms with Gasteiger partial charge in [0.1, 0.15) is 18.0 Å². The van der Waals surface area contributed by atoms with Crippen LogP contribution < -0.4 is 0 Å². The van der Waals surface area contributed by atoms with Gasteiger partial charge in [0.2, 0.25) is 0 Å². The Morgan fingerprint density at radius 3 is 2.21 bits per heavy atom. The van der Waals surface area contributed by atoms with E-state index in [1.54, 1.807) is 0 Å². The highest BCUT2D eigenvalue weighted by atomic mass is 28.4. The van der Waals surface area contributed by atoms with Crippen LogP contribution in [-0.4, -0.2) is 49.3 Å². The molecule has 0 aromatic rings. The molecule has 1 unspecified atom stereocenters. The Labute approximate surface area is 206 Å². The number of ketones is 2. The SMILES string of the molecule is C=C1CC[C@H](O[Si](C)(C)C(C)(C)C)[C@@]2(C)C(=O)[C@H](O)C3CCC(=O)[C@@H]([C@@H](OC(C)=O)[C@H]12)C3(C)C. The van der Waals surface area contributed by atoms with Gasteiger partial charge in [0.05, 0.1) is 17.4 Å². The van der Waals surface area contributed by atoms with Gasteiger partial charge in [-0.15, -0.1) is 0 Å². The molecule has 1 N–H and O–H groups in total. The summed E-state index contributed by atoms with van der Waals surface area (Å²) in [6.45, 7) is 22.1. The van der Waals surface area contributed by atoms with Crippen molar-refractivity contribution in [3.63, 3.8) is 0 Å². The van der Waals surface area contributed by atoms with E-state index in [9.17, 15) is 19.5 Å². The quantitative estimate of drug-likeness (QED) is 0.344. The first-order valence-electron chi connectivity index (χ1n) is 12.6. The third kappa shape index (κ3) is 4.15. The molecule has 7 atom stereocenters. The van der Waals surface area contributed by atoms with Crippen molar-refractivity contribution in [3.05, 3.63) is 12.2 Å². The van der Waals surface area contributed by atoms with Crippen LogP contribution in [0.4, 0.5) is 0 Å². The zero-order valence-corrected chi connectivity index (χ0v) is 23.5. The zero-order valence-electron chi connectivity index (χ0n) is 22.5. The van der Waals surface area contributed by atoms with Gasteiger partial charge in [-0.25, -0.2) is 0 Å². The summed E-state index contributed by atoms with van der Waals surface area (Å²) in [5.41, 5.74) is -1.08. The summed E-state index contributed by atoms with van der Waals surface area (Å²) < 4.78 is 12.8. The van der Waals surface area contributed by atoms with Crippen LogP contribution in [-0.2, 0) is 23.5 Å². The summed E-state index contributed by atoms with van der Waals surface area (Å²) in [5, 5.41) is 11.4. The van der Waals surface area contributed by atoms with Gasteiger partial charge in [-0.05, 0) is 55.7 Å². The molecule has 3 aliphatic rings. The lowest BCUT2D eigenvalue weighted by atomic mass is 9.48. The highest BCUT2D eigenvalue weighted by molar-refractivity contribution is 6.74. The molecule has 0 spiro atoms. The van der Waals surface area contributed by atoms with Crippen molar-refractivity contribution < 1.29 is 28.7 Å². The standard InChI is InChI=1S/C27H44O6Si/c1-15-11-14-19(33-34(9,10)25(3,4)5)27(8)20(15)23(32-16(2)28)21-18(29)13-12-17(26(21,6)7)22(30)24(27)31/h17,19-23,30H,1,11-14H2,2-10H3/t17?,19-,20-,21-,22+,23-,27+/m0/s1. The number of esters is 1. The summed E-state index contributed by atoms with van der Waals surface area (Å²) in [4.78, 5) is 40.0. The van der Waals surface area contributed by atoms with E-state index < -0.39 is 61.2 Å². The molecule has 0 aromatic carbocycles. The molecule has 3 rings (SSSR count). The van der Waals surface area contributed by atoms with Crippen LogP contribution in [0.1, 0.15) is 74.1 Å². The van der Waals surface area contributed by atoms with Crippen LogP contribution >= 0.6 is 0 Å². The molecule has 3 aliphatic carbocycles. The lowest BCUT2D eigenvalue weighted by molar-refractivity contribution is -0.194. The van der Waals surface area contributed by atoms with Crippen molar-refractivity contribution in [2.75, 3.05) is 0 Å². The molecule has 0 aromatic heterocycles. The highest BCUT2D eigenvalue weighted by Gasteiger charge is 2.66. The molecule has 34 heavy (non-hydrogen) atoms. The first kappa shape index (κ1) is 27.3. The fourth-order valence-corrected chi connectivity index (χ4v) is 8.09. The molecule has 3 fully saturated rings. The Balaban J connectivity index is 2.24. The summed E-state index contributed by atoms with van der Waals surface area (Å²) in [5.74, 6) is -2.35. The summed E-state index contributed by atoms with van der Waals surface area (Å²) in [6.07, 6.45) is -0.559. The van der Waals surface area contributed by atoms with Gasteiger partial charge in [0, 0.05) is 19.3 Å². The molecule has 0 radical (unpaired) electrons. The number of hydrogen-bond acceptors (Lipinski definition) is 6. The van der Waals surface area contributed by atoms with E-state index in [2.05, 4.69) is 40.4 Å². The number of carbonyl (C=O) groups is 3. The van der Waals surface area contributed by atoms with Crippen molar-refractivity contribution in [2.24, 2.45) is 28.6 Å². The number of aliphatic hydroxyl groups excluding tert-OH is 1. The van der Waals surface area contributed by atoms with E-state index in [1.165, 1.54) is 6.92 Å². The van der Waals surface area contributed by atoms with Crippen LogP contribution in [0.15, 0.2) is 12.2 Å². The Morgan fingerprint density at radius 1 is 1.09 bits per heavy atom. The molecular formula is C27H44O6Si. The van der Waals surface area contributed by atoms with Crippen LogP contribution in [0.25, 0.3) is 0 Å². The van der Waals surface area contributed by atoms with Gasteiger partial charge in [-0.1, -0.05) is 46.8 Å². The van der Waals surface area contributed by atoms with Crippen molar-refractivity contribution in [3.8, 4) is 0 Å². The normalized spacial score (nSPS) is 38.6. The Hall–Kier alpha value is -1.31. The van der Waals surface area contributed by atoms with Gasteiger partial charge >= 0.3 is 5.97 Å². The first-order chi connectivity index (χ1) is 15.4. The molecule has 0 saturated heterocycles. The highest BCUT2D eigenvalue weighted by Crippen LogP contribution is 2.59. The number of aliphatic hydroxyl groups is 1. The van der Waals surface area contributed by atoms with Crippen molar-refractivity contribution in [1.29, 1.82) is 0 Å². The fourth-order valence-electron chi connectivity index (χ4n) is 6.66. The molecule has 0 heterocycles. The predicted molar refractivity (Wildman–Crippen MR) is 134 cm³/mol. The number of carbonyl (C=O) groups excluding carboxylic acids is 3. The van der Waals surface area contributed by atoms with Crippen LogP contribution in [0.3, 0.4) is 0 Å². The monoisotopic (exact) mass is 492 g/mol. The Bertz CT molecular complexity index is 884. The lowest BCUT2D eigenvalue weighted by Gasteiger charge is -2.59. The maximum atomic E-state index is 14.3. The largest absolute Gasteiger partial charge is 0.461 e. The second-order valence-electron chi connectivity index (χ2n) is 13.1. The van der Waals surface area contributed by atoms with Crippen molar-refractivity contribution in [1.82, 2.24) is 0 Å².